The van der Waals surface area contributed by atoms with E-state index in [1.165, 1.54) is 20.0 Å². The lowest BCUT2D eigenvalue weighted by atomic mass is 10.1. The summed E-state index contributed by atoms with van der Waals surface area (Å²) in [6.45, 7) is 5.33. The van der Waals surface area contributed by atoms with E-state index in [-0.39, 0.29) is 17.0 Å². The number of aliphatic carboxylic acids is 1. The van der Waals surface area contributed by atoms with Gasteiger partial charge < -0.3 is 10.0 Å². The number of carboxylic acids is 1. The molecule has 19 heavy (non-hydrogen) atoms. The molecule has 1 rings (SSSR count). The minimum absolute atomic E-state index is 0.132. The fourth-order valence-electron chi connectivity index (χ4n) is 1.48. The maximum absolute atomic E-state index is 12.2. The SMILES string of the molecule is CC(C)c1cc(C(=O)N(C)C(C)C(=O)O)cc(Cl)n1. The van der Waals surface area contributed by atoms with E-state index in [4.69, 9.17) is 16.7 Å². The molecule has 0 spiro atoms. The van der Waals surface area contributed by atoms with Crippen LogP contribution in [0.25, 0.3) is 0 Å². The lowest BCUT2D eigenvalue weighted by molar-refractivity contribution is -0.141. The molecule has 1 aromatic rings. The van der Waals surface area contributed by atoms with E-state index < -0.39 is 12.0 Å². The van der Waals surface area contributed by atoms with Crippen molar-refractivity contribution in [2.45, 2.75) is 32.7 Å². The summed E-state index contributed by atoms with van der Waals surface area (Å²) in [5.74, 6) is -1.31. The number of carbonyl (C=O) groups excluding carboxylic acids is 1. The summed E-state index contributed by atoms with van der Waals surface area (Å²) < 4.78 is 0. The fraction of sp³-hybridized carbons (Fsp3) is 0.462. The Bertz CT molecular complexity index is 503. The van der Waals surface area contributed by atoms with Crippen molar-refractivity contribution in [3.63, 3.8) is 0 Å². The number of rotatable bonds is 4. The Morgan fingerprint density at radius 2 is 1.89 bits per heavy atom. The maximum atomic E-state index is 12.2. The second-order valence-electron chi connectivity index (χ2n) is 4.69. The summed E-state index contributed by atoms with van der Waals surface area (Å²) in [5.41, 5.74) is 1.05. The molecule has 6 heteroatoms. The van der Waals surface area contributed by atoms with Crippen LogP contribution < -0.4 is 0 Å². The molecule has 0 radical (unpaired) electrons. The van der Waals surface area contributed by atoms with Crippen molar-refractivity contribution in [2.24, 2.45) is 0 Å². The molecule has 0 aromatic carbocycles. The third kappa shape index (κ3) is 3.67. The number of nitrogens with zero attached hydrogens (tertiary/aromatic N) is 2. The molecule has 1 heterocycles. The van der Waals surface area contributed by atoms with E-state index in [9.17, 15) is 9.59 Å². The predicted molar refractivity (Wildman–Crippen MR) is 72.5 cm³/mol. The van der Waals surface area contributed by atoms with E-state index in [0.717, 1.165) is 4.90 Å². The molecule has 1 atom stereocenters. The molecule has 5 nitrogen and oxygen atoms in total. The highest BCUT2D eigenvalue weighted by atomic mass is 35.5. The Balaban J connectivity index is 3.09. The van der Waals surface area contributed by atoms with Gasteiger partial charge >= 0.3 is 5.97 Å². The van der Waals surface area contributed by atoms with E-state index in [0.29, 0.717) is 11.3 Å². The van der Waals surface area contributed by atoms with Gasteiger partial charge in [-0.15, -0.1) is 0 Å². The number of amides is 1. The minimum Gasteiger partial charge on any atom is -0.480 e. The van der Waals surface area contributed by atoms with Gasteiger partial charge in [-0.2, -0.15) is 0 Å². The van der Waals surface area contributed by atoms with Gasteiger partial charge in [0.1, 0.15) is 11.2 Å². The van der Waals surface area contributed by atoms with Crippen molar-refractivity contribution in [3.05, 3.63) is 28.5 Å². The quantitative estimate of drug-likeness (QED) is 0.862. The second-order valence-corrected chi connectivity index (χ2v) is 5.08. The van der Waals surface area contributed by atoms with Crippen molar-refractivity contribution in [1.82, 2.24) is 9.88 Å². The number of hydrogen-bond donors (Lipinski definition) is 1. The van der Waals surface area contributed by atoms with E-state index in [1.807, 2.05) is 13.8 Å². The summed E-state index contributed by atoms with van der Waals surface area (Å²) in [6.07, 6.45) is 0. The lowest BCUT2D eigenvalue weighted by Gasteiger charge is -2.22. The molecule has 0 saturated heterocycles. The summed E-state index contributed by atoms with van der Waals surface area (Å²) in [5, 5.41) is 9.14. The Kier molecular flexibility index (Phi) is 4.89. The van der Waals surface area contributed by atoms with Crippen LogP contribution in [0.4, 0.5) is 0 Å². The van der Waals surface area contributed by atoms with Crippen LogP contribution in [-0.4, -0.2) is 40.0 Å². The Labute approximate surface area is 117 Å². The number of halogens is 1. The molecule has 1 unspecified atom stereocenters. The number of aromatic nitrogens is 1. The maximum Gasteiger partial charge on any atom is 0.326 e. The molecular formula is C13H17ClN2O3. The molecule has 1 N–H and O–H groups in total. The minimum atomic E-state index is -1.06. The zero-order valence-corrected chi connectivity index (χ0v) is 12.1. The van der Waals surface area contributed by atoms with Gasteiger partial charge in [0, 0.05) is 18.3 Å². The first kappa shape index (κ1) is 15.4. The van der Waals surface area contributed by atoms with E-state index in [1.54, 1.807) is 6.07 Å². The highest BCUT2D eigenvalue weighted by Crippen LogP contribution is 2.19. The number of hydrogen-bond acceptors (Lipinski definition) is 3. The highest BCUT2D eigenvalue weighted by molar-refractivity contribution is 6.29. The topological polar surface area (TPSA) is 70.5 Å². The number of likely N-dealkylation sites (N-methyl/N-ethyl adjacent to an activating group) is 1. The average molecular weight is 285 g/mol. The van der Waals surface area contributed by atoms with Crippen molar-refractivity contribution >= 4 is 23.5 Å². The summed E-state index contributed by atoms with van der Waals surface area (Å²) in [4.78, 5) is 28.4. The molecule has 1 aromatic heterocycles. The molecular weight excluding hydrogens is 268 g/mol. The number of carbonyl (C=O) groups is 2. The number of pyridine rings is 1. The first-order valence-corrected chi connectivity index (χ1v) is 6.29. The van der Waals surface area contributed by atoms with Gasteiger partial charge in [-0.3, -0.25) is 4.79 Å². The summed E-state index contributed by atoms with van der Waals surface area (Å²) >= 11 is 5.89. The normalized spacial score (nSPS) is 12.3. The van der Waals surface area contributed by atoms with Gasteiger partial charge in [-0.1, -0.05) is 25.4 Å². The Morgan fingerprint density at radius 3 is 2.37 bits per heavy atom. The van der Waals surface area contributed by atoms with Crippen LogP contribution in [0.1, 0.15) is 42.7 Å². The van der Waals surface area contributed by atoms with E-state index in [2.05, 4.69) is 4.98 Å². The predicted octanol–water partition coefficient (Wildman–Crippen LogP) is 2.40. The van der Waals surface area contributed by atoms with Crippen molar-refractivity contribution in [2.75, 3.05) is 7.05 Å². The van der Waals surface area contributed by atoms with Gasteiger partial charge in [-0.05, 0) is 25.0 Å². The van der Waals surface area contributed by atoms with Crippen LogP contribution in [0, 0.1) is 0 Å². The molecule has 0 fully saturated rings. The number of carboxylic acid groups (broad SMARTS) is 1. The first-order chi connectivity index (χ1) is 8.73. The second kappa shape index (κ2) is 6.02. The van der Waals surface area contributed by atoms with Crippen molar-refractivity contribution in [3.8, 4) is 0 Å². The average Bonchev–Trinajstić information content (AvgIpc) is 2.35. The zero-order chi connectivity index (χ0) is 14.7. The zero-order valence-electron chi connectivity index (χ0n) is 11.3. The third-order valence-corrected chi connectivity index (χ3v) is 3.10. The smallest absolute Gasteiger partial charge is 0.326 e. The fourth-order valence-corrected chi connectivity index (χ4v) is 1.70. The summed E-state index contributed by atoms with van der Waals surface area (Å²) in [7, 11) is 1.45. The standard InChI is InChI=1S/C13H17ClN2O3/c1-7(2)10-5-9(6-11(14)15-10)12(17)16(4)8(3)13(18)19/h5-8H,1-4H3,(H,18,19). The van der Waals surface area contributed by atoms with Crippen molar-refractivity contribution < 1.29 is 14.7 Å². The summed E-state index contributed by atoms with van der Waals surface area (Å²) in [6, 6.07) is 2.19. The largest absolute Gasteiger partial charge is 0.480 e. The lowest BCUT2D eigenvalue weighted by Crippen LogP contribution is -2.40. The molecule has 0 aliphatic carbocycles. The van der Waals surface area contributed by atoms with Gasteiger partial charge in [0.05, 0.1) is 0 Å². The molecule has 0 aliphatic heterocycles. The van der Waals surface area contributed by atoms with Gasteiger partial charge in [-0.25, -0.2) is 9.78 Å². The van der Waals surface area contributed by atoms with Crippen LogP contribution in [0.5, 0.6) is 0 Å². The first-order valence-electron chi connectivity index (χ1n) is 5.91. The highest BCUT2D eigenvalue weighted by Gasteiger charge is 2.23. The van der Waals surface area contributed by atoms with Crippen LogP contribution >= 0.6 is 11.6 Å². The Morgan fingerprint density at radius 1 is 1.32 bits per heavy atom. The third-order valence-electron chi connectivity index (χ3n) is 2.91. The van der Waals surface area contributed by atoms with Crippen LogP contribution in [-0.2, 0) is 4.79 Å². The van der Waals surface area contributed by atoms with Gasteiger partial charge in [0.2, 0.25) is 0 Å². The molecule has 0 aliphatic rings. The van der Waals surface area contributed by atoms with Crippen molar-refractivity contribution in [1.29, 1.82) is 0 Å². The molecule has 104 valence electrons. The monoisotopic (exact) mass is 284 g/mol. The van der Waals surface area contributed by atoms with Crippen LogP contribution in [0.3, 0.4) is 0 Å². The van der Waals surface area contributed by atoms with Gasteiger partial charge in [0.15, 0.2) is 0 Å². The Hall–Kier alpha value is -1.62. The van der Waals surface area contributed by atoms with E-state index >= 15 is 0 Å². The molecule has 0 bridgehead atoms. The van der Waals surface area contributed by atoms with Gasteiger partial charge in [0.25, 0.3) is 5.91 Å². The molecule has 1 amide bonds. The van der Waals surface area contributed by atoms with Crippen LogP contribution in [0.15, 0.2) is 12.1 Å². The molecule has 0 saturated carbocycles. The van der Waals surface area contributed by atoms with Crippen LogP contribution in [0.2, 0.25) is 5.15 Å².